The summed E-state index contributed by atoms with van der Waals surface area (Å²) in [5, 5.41) is 27.0. The van der Waals surface area contributed by atoms with Crippen molar-refractivity contribution in [3.8, 4) is 11.5 Å². The van der Waals surface area contributed by atoms with E-state index in [2.05, 4.69) is 0 Å². The molecule has 0 aliphatic rings. The third kappa shape index (κ3) is 2.59. The SMILES string of the molecule is O=C(O)CC(c1cccc(O)c1O)C(F)F. The van der Waals surface area contributed by atoms with Crippen LogP contribution in [0.1, 0.15) is 17.9 Å². The van der Waals surface area contributed by atoms with Crippen molar-refractivity contribution in [2.45, 2.75) is 18.8 Å². The summed E-state index contributed by atoms with van der Waals surface area (Å²) in [6.07, 6.45) is -3.74. The lowest BCUT2D eigenvalue weighted by molar-refractivity contribution is -0.138. The van der Waals surface area contributed by atoms with E-state index in [4.69, 9.17) is 10.2 Å². The van der Waals surface area contributed by atoms with Crippen molar-refractivity contribution in [2.24, 2.45) is 0 Å². The molecule has 0 spiro atoms. The second kappa shape index (κ2) is 4.78. The van der Waals surface area contributed by atoms with Gasteiger partial charge in [0.1, 0.15) is 0 Å². The molecule has 3 N–H and O–H groups in total. The maximum atomic E-state index is 12.6. The number of hydrogen-bond donors (Lipinski definition) is 3. The van der Waals surface area contributed by atoms with Crippen molar-refractivity contribution >= 4 is 5.97 Å². The van der Waals surface area contributed by atoms with E-state index in [1.807, 2.05) is 0 Å². The highest BCUT2D eigenvalue weighted by Gasteiger charge is 2.28. The first-order chi connectivity index (χ1) is 7.43. The molecule has 0 aliphatic heterocycles. The largest absolute Gasteiger partial charge is 0.504 e. The van der Waals surface area contributed by atoms with E-state index in [0.717, 1.165) is 12.1 Å². The van der Waals surface area contributed by atoms with Gasteiger partial charge < -0.3 is 15.3 Å². The lowest BCUT2D eigenvalue weighted by Crippen LogP contribution is -2.14. The van der Waals surface area contributed by atoms with Gasteiger partial charge in [0.15, 0.2) is 11.5 Å². The number of benzene rings is 1. The van der Waals surface area contributed by atoms with Crippen LogP contribution in [0.4, 0.5) is 8.78 Å². The van der Waals surface area contributed by atoms with Crippen LogP contribution in [0, 0.1) is 0 Å². The smallest absolute Gasteiger partial charge is 0.304 e. The molecule has 88 valence electrons. The second-order valence-corrected chi connectivity index (χ2v) is 3.25. The van der Waals surface area contributed by atoms with E-state index in [9.17, 15) is 18.7 Å². The van der Waals surface area contributed by atoms with Gasteiger partial charge in [-0.1, -0.05) is 12.1 Å². The summed E-state index contributed by atoms with van der Waals surface area (Å²) in [5.41, 5.74) is -0.266. The van der Waals surface area contributed by atoms with Crippen LogP contribution >= 0.6 is 0 Å². The topological polar surface area (TPSA) is 77.8 Å². The molecular formula is C10H10F2O4. The molecule has 0 aliphatic carbocycles. The highest BCUT2D eigenvalue weighted by Crippen LogP contribution is 2.37. The summed E-state index contributed by atoms with van der Waals surface area (Å²) in [6, 6.07) is 3.55. The van der Waals surface area contributed by atoms with Gasteiger partial charge in [-0.15, -0.1) is 0 Å². The predicted molar refractivity (Wildman–Crippen MR) is 50.8 cm³/mol. The fraction of sp³-hybridized carbons (Fsp3) is 0.300. The molecule has 1 rings (SSSR count). The zero-order valence-electron chi connectivity index (χ0n) is 8.10. The Morgan fingerprint density at radius 1 is 1.31 bits per heavy atom. The highest BCUT2D eigenvalue weighted by molar-refractivity contribution is 5.68. The van der Waals surface area contributed by atoms with Crippen molar-refractivity contribution < 1.29 is 28.9 Å². The Kier molecular flexibility index (Phi) is 3.65. The molecule has 0 saturated carbocycles. The molecule has 0 heterocycles. The molecule has 4 nitrogen and oxygen atoms in total. The number of carbonyl (C=O) groups is 1. The number of aliphatic carboxylic acids is 1. The van der Waals surface area contributed by atoms with Crippen LogP contribution in [0.2, 0.25) is 0 Å². The Morgan fingerprint density at radius 2 is 1.94 bits per heavy atom. The first-order valence-electron chi connectivity index (χ1n) is 4.44. The Morgan fingerprint density at radius 3 is 2.44 bits per heavy atom. The molecule has 0 radical (unpaired) electrons. The highest BCUT2D eigenvalue weighted by atomic mass is 19.3. The zero-order chi connectivity index (χ0) is 12.3. The van der Waals surface area contributed by atoms with E-state index >= 15 is 0 Å². The van der Waals surface area contributed by atoms with Crippen LogP contribution < -0.4 is 0 Å². The van der Waals surface area contributed by atoms with Crippen molar-refractivity contribution in [1.29, 1.82) is 0 Å². The Labute approximate surface area is 89.8 Å². The summed E-state index contributed by atoms with van der Waals surface area (Å²) < 4.78 is 25.2. The lowest BCUT2D eigenvalue weighted by Gasteiger charge is -2.15. The lowest BCUT2D eigenvalue weighted by atomic mass is 9.95. The Hall–Kier alpha value is -1.85. The molecule has 0 fully saturated rings. The van der Waals surface area contributed by atoms with Crippen molar-refractivity contribution in [1.82, 2.24) is 0 Å². The molecule has 1 aromatic carbocycles. The fourth-order valence-electron chi connectivity index (χ4n) is 1.37. The minimum absolute atomic E-state index is 0.266. The number of phenols is 2. The fourth-order valence-corrected chi connectivity index (χ4v) is 1.37. The van der Waals surface area contributed by atoms with Crippen LogP contribution in [-0.4, -0.2) is 27.7 Å². The van der Waals surface area contributed by atoms with E-state index in [1.54, 1.807) is 0 Å². The first-order valence-corrected chi connectivity index (χ1v) is 4.44. The number of halogens is 2. The van der Waals surface area contributed by atoms with Gasteiger partial charge in [0.25, 0.3) is 0 Å². The molecule has 0 bridgehead atoms. The molecular weight excluding hydrogens is 222 g/mol. The Bertz CT molecular complexity index is 392. The molecule has 0 aromatic heterocycles. The molecule has 0 amide bonds. The number of hydrogen-bond acceptors (Lipinski definition) is 3. The molecule has 0 saturated heterocycles. The van der Waals surface area contributed by atoms with Gasteiger partial charge in [0, 0.05) is 5.56 Å². The zero-order valence-corrected chi connectivity index (χ0v) is 8.10. The van der Waals surface area contributed by atoms with Gasteiger partial charge in [-0.2, -0.15) is 0 Å². The van der Waals surface area contributed by atoms with Gasteiger partial charge in [-0.25, -0.2) is 8.78 Å². The van der Waals surface area contributed by atoms with E-state index in [0.29, 0.717) is 0 Å². The van der Waals surface area contributed by atoms with E-state index < -0.39 is 36.2 Å². The van der Waals surface area contributed by atoms with Crippen LogP contribution in [-0.2, 0) is 4.79 Å². The standard InChI is InChI=1S/C10H10F2O4/c11-10(12)6(4-8(14)15)5-2-1-3-7(13)9(5)16/h1-3,6,10,13,16H,4H2,(H,14,15). The molecule has 16 heavy (non-hydrogen) atoms. The molecule has 6 heteroatoms. The van der Waals surface area contributed by atoms with Gasteiger partial charge in [0.05, 0.1) is 12.3 Å². The molecule has 1 aromatic rings. The summed E-state index contributed by atoms with van der Waals surface area (Å²) >= 11 is 0. The van der Waals surface area contributed by atoms with E-state index in [-0.39, 0.29) is 5.56 Å². The molecule has 1 unspecified atom stereocenters. The number of rotatable bonds is 4. The number of alkyl halides is 2. The number of para-hydroxylation sites is 1. The van der Waals surface area contributed by atoms with Crippen molar-refractivity contribution in [3.05, 3.63) is 23.8 Å². The summed E-state index contributed by atoms with van der Waals surface area (Å²) in [5.74, 6) is -4.28. The minimum atomic E-state index is -2.93. The van der Waals surface area contributed by atoms with Gasteiger partial charge in [0.2, 0.25) is 6.43 Å². The maximum Gasteiger partial charge on any atom is 0.304 e. The average Bonchev–Trinajstić information content (AvgIpc) is 2.18. The number of phenolic OH excluding ortho intramolecular Hbond substituents is 2. The third-order valence-corrected chi connectivity index (χ3v) is 2.14. The Balaban J connectivity index is 3.10. The first kappa shape index (κ1) is 12.2. The quantitative estimate of drug-likeness (QED) is 0.693. The minimum Gasteiger partial charge on any atom is -0.504 e. The summed E-state index contributed by atoms with van der Waals surface area (Å²) in [6.45, 7) is 0. The van der Waals surface area contributed by atoms with Crippen LogP contribution in [0.3, 0.4) is 0 Å². The number of carboxylic acids is 1. The summed E-state index contributed by atoms with van der Waals surface area (Å²) in [7, 11) is 0. The van der Waals surface area contributed by atoms with Gasteiger partial charge >= 0.3 is 5.97 Å². The average molecular weight is 232 g/mol. The van der Waals surface area contributed by atoms with Gasteiger partial charge in [-0.3, -0.25) is 4.79 Å². The van der Waals surface area contributed by atoms with Crippen LogP contribution in [0.5, 0.6) is 11.5 Å². The van der Waals surface area contributed by atoms with Gasteiger partial charge in [-0.05, 0) is 6.07 Å². The maximum absolute atomic E-state index is 12.6. The summed E-state index contributed by atoms with van der Waals surface area (Å²) in [4.78, 5) is 10.4. The normalized spacial score (nSPS) is 12.7. The van der Waals surface area contributed by atoms with Crippen LogP contribution in [0.25, 0.3) is 0 Å². The van der Waals surface area contributed by atoms with E-state index in [1.165, 1.54) is 6.07 Å². The monoisotopic (exact) mass is 232 g/mol. The number of carboxylic acid groups (broad SMARTS) is 1. The number of aromatic hydroxyl groups is 2. The van der Waals surface area contributed by atoms with Crippen molar-refractivity contribution in [2.75, 3.05) is 0 Å². The van der Waals surface area contributed by atoms with Crippen LogP contribution in [0.15, 0.2) is 18.2 Å². The molecule has 1 atom stereocenters. The third-order valence-electron chi connectivity index (χ3n) is 2.14. The van der Waals surface area contributed by atoms with Crippen molar-refractivity contribution in [3.63, 3.8) is 0 Å². The second-order valence-electron chi connectivity index (χ2n) is 3.25. The predicted octanol–water partition coefficient (Wildman–Crippen LogP) is 1.92.